The lowest BCUT2D eigenvalue weighted by molar-refractivity contribution is -0.141. The van der Waals surface area contributed by atoms with E-state index in [-0.39, 0.29) is 18.8 Å². The van der Waals surface area contributed by atoms with Gasteiger partial charge in [-0.05, 0) is 25.1 Å². The fourth-order valence-electron chi connectivity index (χ4n) is 2.02. The number of aromatic nitrogens is 5. The van der Waals surface area contributed by atoms with Gasteiger partial charge >= 0.3 is 5.97 Å². The highest BCUT2D eigenvalue weighted by atomic mass is 79.9. The van der Waals surface area contributed by atoms with Crippen LogP contribution in [0.4, 0.5) is 0 Å². The second kappa shape index (κ2) is 6.79. The van der Waals surface area contributed by atoms with Crippen LogP contribution in [0.15, 0.2) is 35.1 Å². The van der Waals surface area contributed by atoms with E-state index in [1.165, 1.54) is 10.7 Å². The normalized spacial score (nSPS) is 10.8. The summed E-state index contributed by atoms with van der Waals surface area (Å²) in [6.07, 6.45) is 3.38. The summed E-state index contributed by atoms with van der Waals surface area (Å²) in [5.74, 6) is -0.528. The Morgan fingerprint density at radius 2 is 2.12 bits per heavy atom. The lowest BCUT2D eigenvalue weighted by atomic mass is 10.4. The lowest BCUT2D eigenvalue weighted by Gasteiger charge is -2.03. The van der Waals surface area contributed by atoms with Crippen LogP contribution in [0.3, 0.4) is 0 Å². The van der Waals surface area contributed by atoms with E-state index in [0.29, 0.717) is 11.6 Å². The van der Waals surface area contributed by atoms with E-state index in [1.54, 1.807) is 23.7 Å². The molecule has 3 heterocycles. The molecule has 124 valence electrons. The third-order valence-electron chi connectivity index (χ3n) is 3.08. The number of rotatable bonds is 5. The molecular weight excluding hydrogens is 380 g/mol. The average molecular weight is 393 g/mol. The van der Waals surface area contributed by atoms with Gasteiger partial charge in [0.15, 0.2) is 11.3 Å². The Balaban J connectivity index is 1.77. The topological polar surface area (TPSA) is 103 Å². The van der Waals surface area contributed by atoms with E-state index in [0.717, 1.165) is 4.47 Å². The van der Waals surface area contributed by atoms with Gasteiger partial charge in [-0.15, -0.1) is 10.2 Å². The second-order valence-electron chi connectivity index (χ2n) is 4.71. The third kappa shape index (κ3) is 3.27. The number of ether oxygens (including phenoxy) is 1. The number of pyridine rings is 1. The Bertz CT molecular complexity index is 903. The molecule has 0 aliphatic carbocycles. The van der Waals surface area contributed by atoms with Crippen molar-refractivity contribution in [3.63, 3.8) is 0 Å². The van der Waals surface area contributed by atoms with Crippen molar-refractivity contribution < 1.29 is 14.3 Å². The van der Waals surface area contributed by atoms with E-state index >= 15 is 0 Å². The van der Waals surface area contributed by atoms with Gasteiger partial charge in [0.05, 0.1) is 6.61 Å². The van der Waals surface area contributed by atoms with Crippen LogP contribution >= 0.6 is 15.9 Å². The molecule has 9 nitrogen and oxygen atoms in total. The lowest BCUT2D eigenvalue weighted by Crippen LogP contribution is -2.31. The van der Waals surface area contributed by atoms with Gasteiger partial charge in [0.2, 0.25) is 0 Å². The smallest absolute Gasteiger partial charge is 0.325 e. The van der Waals surface area contributed by atoms with Crippen LogP contribution < -0.4 is 5.32 Å². The van der Waals surface area contributed by atoms with E-state index in [1.807, 2.05) is 12.1 Å². The predicted molar refractivity (Wildman–Crippen MR) is 86.8 cm³/mol. The zero-order valence-electron chi connectivity index (χ0n) is 12.6. The minimum absolute atomic E-state index is 0.160. The molecule has 10 heteroatoms. The van der Waals surface area contributed by atoms with Crippen LogP contribution in [0.5, 0.6) is 0 Å². The zero-order valence-corrected chi connectivity index (χ0v) is 14.2. The Morgan fingerprint density at radius 1 is 1.29 bits per heavy atom. The maximum atomic E-state index is 12.0. The minimum atomic E-state index is -0.501. The molecule has 0 bridgehead atoms. The van der Waals surface area contributed by atoms with E-state index < -0.39 is 11.9 Å². The molecule has 0 atom stereocenters. The second-order valence-corrected chi connectivity index (χ2v) is 5.62. The average Bonchev–Trinajstić information content (AvgIpc) is 3.18. The fraction of sp³-hybridized carbons (Fsp3) is 0.214. The van der Waals surface area contributed by atoms with Crippen LogP contribution in [0, 0.1) is 0 Å². The highest BCUT2D eigenvalue weighted by molar-refractivity contribution is 9.10. The molecule has 0 aromatic carbocycles. The number of amides is 1. The molecule has 24 heavy (non-hydrogen) atoms. The molecule has 0 fully saturated rings. The largest absolute Gasteiger partial charge is 0.465 e. The van der Waals surface area contributed by atoms with Crippen molar-refractivity contribution in [2.75, 3.05) is 13.2 Å². The summed E-state index contributed by atoms with van der Waals surface area (Å²) in [4.78, 5) is 23.3. The highest BCUT2D eigenvalue weighted by Crippen LogP contribution is 2.14. The van der Waals surface area contributed by atoms with Crippen LogP contribution in [0.1, 0.15) is 17.4 Å². The molecule has 0 aliphatic heterocycles. The van der Waals surface area contributed by atoms with Gasteiger partial charge in [-0.2, -0.15) is 5.10 Å². The van der Waals surface area contributed by atoms with Gasteiger partial charge in [-0.25, -0.2) is 4.68 Å². The number of hydrogen-bond donors (Lipinski definition) is 1. The molecule has 0 saturated heterocycles. The van der Waals surface area contributed by atoms with Gasteiger partial charge < -0.3 is 10.1 Å². The molecule has 0 aliphatic rings. The van der Waals surface area contributed by atoms with Crippen molar-refractivity contribution in [2.45, 2.75) is 6.92 Å². The molecular formula is C14H13BrN6O3. The van der Waals surface area contributed by atoms with Crippen LogP contribution in [-0.4, -0.2) is 49.4 Å². The van der Waals surface area contributed by atoms with Crippen molar-refractivity contribution in [2.24, 2.45) is 0 Å². The molecule has 0 unspecified atom stereocenters. The maximum absolute atomic E-state index is 12.0. The molecule has 3 aromatic heterocycles. The SMILES string of the molecule is CCOC(=O)CNC(=O)c1ccn(-c2nnc3cc(Br)ccn23)n1. The fourth-order valence-corrected chi connectivity index (χ4v) is 2.34. The maximum Gasteiger partial charge on any atom is 0.325 e. The number of carbonyl (C=O) groups is 2. The zero-order chi connectivity index (χ0) is 17.1. The Hall–Kier alpha value is -2.75. The van der Waals surface area contributed by atoms with Crippen molar-refractivity contribution >= 4 is 33.5 Å². The van der Waals surface area contributed by atoms with Crippen LogP contribution in [0.25, 0.3) is 11.6 Å². The number of nitrogens with one attached hydrogen (secondary N) is 1. The minimum Gasteiger partial charge on any atom is -0.465 e. The van der Waals surface area contributed by atoms with Gasteiger partial charge in [0.25, 0.3) is 11.9 Å². The number of esters is 1. The first-order valence-corrected chi connectivity index (χ1v) is 7.88. The van der Waals surface area contributed by atoms with Crippen molar-refractivity contribution in [1.82, 2.24) is 29.7 Å². The predicted octanol–water partition coefficient (Wildman–Crippen LogP) is 0.970. The summed E-state index contributed by atoms with van der Waals surface area (Å²) in [5, 5.41) is 14.7. The first kappa shape index (κ1) is 16.1. The number of halogens is 1. The van der Waals surface area contributed by atoms with E-state index in [4.69, 9.17) is 4.74 Å². The monoisotopic (exact) mass is 392 g/mol. The highest BCUT2D eigenvalue weighted by Gasteiger charge is 2.14. The van der Waals surface area contributed by atoms with Crippen molar-refractivity contribution in [1.29, 1.82) is 0 Å². The number of hydrogen-bond acceptors (Lipinski definition) is 6. The summed E-state index contributed by atoms with van der Waals surface area (Å²) in [6, 6.07) is 5.18. The number of nitrogens with zero attached hydrogens (tertiary/aromatic N) is 5. The van der Waals surface area contributed by atoms with Crippen LogP contribution in [0.2, 0.25) is 0 Å². The number of fused-ring (bicyclic) bond motifs is 1. The summed E-state index contributed by atoms with van der Waals surface area (Å²) in [6.45, 7) is 1.75. The molecule has 3 aromatic rings. The third-order valence-corrected chi connectivity index (χ3v) is 3.57. The molecule has 0 spiro atoms. The molecule has 1 N–H and O–H groups in total. The summed E-state index contributed by atoms with van der Waals surface area (Å²) in [5.41, 5.74) is 0.802. The standard InChI is InChI=1S/C14H13BrN6O3/c1-2-24-12(22)8-16-13(23)10-4-6-21(19-10)14-18-17-11-7-9(15)3-5-20(11)14/h3-7H,2,8H2,1H3,(H,16,23). The quantitative estimate of drug-likeness (QED) is 0.648. The Morgan fingerprint density at radius 3 is 2.92 bits per heavy atom. The summed E-state index contributed by atoms with van der Waals surface area (Å²) in [7, 11) is 0. The van der Waals surface area contributed by atoms with Gasteiger partial charge in [-0.3, -0.25) is 14.0 Å². The van der Waals surface area contributed by atoms with Gasteiger partial charge in [0, 0.05) is 16.9 Å². The van der Waals surface area contributed by atoms with Gasteiger partial charge in [-0.1, -0.05) is 15.9 Å². The van der Waals surface area contributed by atoms with E-state index in [2.05, 4.69) is 36.5 Å². The molecule has 0 radical (unpaired) electrons. The van der Waals surface area contributed by atoms with Crippen molar-refractivity contribution in [3.8, 4) is 5.95 Å². The summed E-state index contributed by atoms with van der Waals surface area (Å²) < 4.78 is 8.80. The van der Waals surface area contributed by atoms with Crippen molar-refractivity contribution in [3.05, 3.63) is 40.8 Å². The first-order valence-electron chi connectivity index (χ1n) is 7.08. The number of carbonyl (C=O) groups excluding carboxylic acids is 2. The molecule has 0 saturated carbocycles. The van der Waals surface area contributed by atoms with Gasteiger partial charge in [0.1, 0.15) is 6.54 Å². The van der Waals surface area contributed by atoms with E-state index in [9.17, 15) is 9.59 Å². The Labute approximate surface area is 144 Å². The summed E-state index contributed by atoms with van der Waals surface area (Å²) >= 11 is 3.37. The first-order chi connectivity index (χ1) is 11.6. The Kier molecular flexibility index (Phi) is 4.56. The van der Waals surface area contributed by atoms with Crippen LogP contribution in [-0.2, 0) is 9.53 Å². The molecule has 3 rings (SSSR count). The molecule has 1 amide bonds.